The molecule has 1 rings (SSSR count). The van der Waals surface area contributed by atoms with Gasteiger partial charge in [-0.25, -0.2) is 0 Å². The van der Waals surface area contributed by atoms with Gasteiger partial charge in [0.1, 0.15) is 0 Å². The van der Waals surface area contributed by atoms with Crippen molar-refractivity contribution in [3.8, 4) is 11.5 Å². The van der Waals surface area contributed by atoms with Crippen LogP contribution in [0.25, 0.3) is 6.08 Å². The highest BCUT2D eigenvalue weighted by Crippen LogP contribution is 2.35. The summed E-state index contributed by atoms with van der Waals surface area (Å²) in [5.74, 6) is 0.742. The van der Waals surface area contributed by atoms with Gasteiger partial charge in [0.05, 0.1) is 7.11 Å². The first-order chi connectivity index (χ1) is 7.11. The number of phenols is 1. The number of ether oxygens (including phenoxy) is 1. The number of benzene rings is 1. The fourth-order valence-corrected chi connectivity index (χ4v) is 1.52. The summed E-state index contributed by atoms with van der Waals surface area (Å²) in [6.07, 6.45) is 3.81. The second-order valence-corrected chi connectivity index (χ2v) is 3.43. The van der Waals surface area contributed by atoms with Crippen LogP contribution in [0.15, 0.2) is 12.1 Å². The average molecular weight is 207 g/mol. The first-order valence-corrected chi connectivity index (χ1v) is 4.85. The molecule has 0 saturated heterocycles. The summed E-state index contributed by atoms with van der Waals surface area (Å²) in [4.78, 5) is 0. The van der Waals surface area contributed by atoms with E-state index in [9.17, 15) is 5.11 Å². The molecule has 1 aromatic rings. The van der Waals surface area contributed by atoms with Crippen molar-refractivity contribution in [2.75, 3.05) is 13.7 Å². The van der Waals surface area contributed by atoms with Crippen molar-refractivity contribution in [3.63, 3.8) is 0 Å². The predicted molar refractivity (Wildman–Crippen MR) is 62.2 cm³/mol. The maximum absolute atomic E-state index is 9.75. The molecule has 0 unspecified atom stereocenters. The highest BCUT2D eigenvalue weighted by molar-refractivity contribution is 5.64. The Bertz CT molecular complexity index is 384. The highest BCUT2D eigenvalue weighted by Gasteiger charge is 2.11. The van der Waals surface area contributed by atoms with Gasteiger partial charge in [0.2, 0.25) is 0 Å². The van der Waals surface area contributed by atoms with E-state index in [2.05, 4.69) is 0 Å². The Kier molecular flexibility index (Phi) is 3.74. The van der Waals surface area contributed by atoms with E-state index in [4.69, 9.17) is 10.5 Å². The molecule has 3 heteroatoms. The van der Waals surface area contributed by atoms with Crippen LogP contribution in [0.1, 0.15) is 16.7 Å². The Morgan fingerprint density at radius 1 is 1.47 bits per heavy atom. The minimum atomic E-state index is 0.208. The summed E-state index contributed by atoms with van der Waals surface area (Å²) in [7, 11) is 1.55. The predicted octanol–water partition coefficient (Wildman–Crippen LogP) is 1.99. The van der Waals surface area contributed by atoms with E-state index in [-0.39, 0.29) is 5.75 Å². The second-order valence-electron chi connectivity index (χ2n) is 3.43. The molecule has 0 atom stereocenters. The Labute approximate surface area is 90.2 Å². The number of nitrogens with two attached hydrogens (primary N) is 1. The van der Waals surface area contributed by atoms with E-state index in [0.717, 1.165) is 16.7 Å². The molecule has 0 spiro atoms. The van der Waals surface area contributed by atoms with Gasteiger partial charge in [-0.15, -0.1) is 0 Å². The average Bonchev–Trinajstić information content (AvgIpc) is 2.22. The summed E-state index contributed by atoms with van der Waals surface area (Å²) in [5.41, 5.74) is 8.14. The van der Waals surface area contributed by atoms with Gasteiger partial charge >= 0.3 is 0 Å². The summed E-state index contributed by atoms with van der Waals surface area (Å²) in [6.45, 7) is 4.26. The molecule has 15 heavy (non-hydrogen) atoms. The molecule has 0 radical (unpaired) electrons. The maximum atomic E-state index is 9.75. The Morgan fingerprint density at radius 2 is 2.13 bits per heavy atom. The molecular weight excluding hydrogens is 190 g/mol. The van der Waals surface area contributed by atoms with Gasteiger partial charge in [0.15, 0.2) is 11.5 Å². The quantitative estimate of drug-likeness (QED) is 0.797. The SMILES string of the molecule is COc1c(C)c(/C=C/CN)cc(C)c1O. The molecule has 82 valence electrons. The molecule has 0 bridgehead atoms. The van der Waals surface area contributed by atoms with Crippen LogP contribution in [0, 0.1) is 13.8 Å². The third-order valence-electron chi connectivity index (χ3n) is 2.37. The summed E-state index contributed by atoms with van der Waals surface area (Å²) >= 11 is 0. The van der Waals surface area contributed by atoms with Crippen molar-refractivity contribution in [1.82, 2.24) is 0 Å². The third kappa shape index (κ3) is 2.30. The third-order valence-corrected chi connectivity index (χ3v) is 2.37. The van der Waals surface area contributed by atoms with Crippen molar-refractivity contribution in [1.29, 1.82) is 0 Å². The Hall–Kier alpha value is -1.48. The molecule has 1 aromatic carbocycles. The molecule has 0 aliphatic rings. The number of phenolic OH excluding ortho intramolecular Hbond substituents is 1. The number of hydrogen-bond donors (Lipinski definition) is 2. The number of aromatic hydroxyl groups is 1. The molecule has 0 fully saturated rings. The van der Waals surface area contributed by atoms with Crippen LogP contribution in [0.5, 0.6) is 11.5 Å². The fraction of sp³-hybridized carbons (Fsp3) is 0.333. The van der Waals surface area contributed by atoms with E-state index in [1.165, 1.54) is 0 Å². The first-order valence-electron chi connectivity index (χ1n) is 4.85. The van der Waals surface area contributed by atoms with E-state index >= 15 is 0 Å². The van der Waals surface area contributed by atoms with Crippen LogP contribution in [0.2, 0.25) is 0 Å². The second kappa shape index (κ2) is 4.84. The topological polar surface area (TPSA) is 55.5 Å². The van der Waals surface area contributed by atoms with Crippen LogP contribution in [-0.2, 0) is 0 Å². The zero-order valence-electron chi connectivity index (χ0n) is 9.37. The molecule has 0 aliphatic carbocycles. The molecule has 0 saturated carbocycles. The minimum Gasteiger partial charge on any atom is -0.504 e. The first kappa shape index (κ1) is 11.6. The fourth-order valence-electron chi connectivity index (χ4n) is 1.52. The number of methoxy groups -OCH3 is 1. The van der Waals surface area contributed by atoms with E-state index in [1.54, 1.807) is 7.11 Å². The van der Waals surface area contributed by atoms with Crippen molar-refractivity contribution in [2.24, 2.45) is 5.73 Å². The lowest BCUT2D eigenvalue weighted by Gasteiger charge is -2.12. The van der Waals surface area contributed by atoms with E-state index < -0.39 is 0 Å². The summed E-state index contributed by atoms with van der Waals surface area (Å²) in [6, 6.07) is 1.92. The van der Waals surface area contributed by atoms with Crippen LogP contribution >= 0.6 is 0 Å². The lowest BCUT2D eigenvalue weighted by atomic mass is 10.0. The van der Waals surface area contributed by atoms with Gasteiger partial charge in [-0.05, 0) is 31.0 Å². The standard InChI is InChI=1S/C12H17NO2/c1-8-7-10(5-4-6-13)9(2)12(15-3)11(8)14/h4-5,7,14H,6,13H2,1-3H3/b5-4+. The Balaban J connectivity index is 3.30. The number of hydrogen-bond acceptors (Lipinski definition) is 3. The molecule has 0 amide bonds. The monoisotopic (exact) mass is 207 g/mol. The van der Waals surface area contributed by atoms with Gasteiger partial charge in [0.25, 0.3) is 0 Å². The highest BCUT2D eigenvalue weighted by atomic mass is 16.5. The maximum Gasteiger partial charge on any atom is 0.164 e. The van der Waals surface area contributed by atoms with Crippen LogP contribution in [-0.4, -0.2) is 18.8 Å². The largest absolute Gasteiger partial charge is 0.504 e. The molecule has 0 aliphatic heterocycles. The molecule has 3 N–H and O–H groups in total. The van der Waals surface area contributed by atoms with Gasteiger partial charge in [-0.1, -0.05) is 12.2 Å². The van der Waals surface area contributed by atoms with Crippen molar-refractivity contribution in [3.05, 3.63) is 28.8 Å². The van der Waals surface area contributed by atoms with Gasteiger partial charge in [0, 0.05) is 12.1 Å². The van der Waals surface area contributed by atoms with Gasteiger partial charge < -0.3 is 15.6 Å². The van der Waals surface area contributed by atoms with E-state index in [0.29, 0.717) is 12.3 Å². The normalized spacial score (nSPS) is 10.9. The lowest BCUT2D eigenvalue weighted by molar-refractivity contribution is 0.369. The molecule has 0 aromatic heterocycles. The number of aryl methyl sites for hydroxylation is 1. The van der Waals surface area contributed by atoms with Crippen molar-refractivity contribution in [2.45, 2.75) is 13.8 Å². The summed E-state index contributed by atoms with van der Waals surface area (Å²) in [5, 5.41) is 9.75. The smallest absolute Gasteiger partial charge is 0.164 e. The molecular formula is C12H17NO2. The van der Waals surface area contributed by atoms with Crippen LogP contribution in [0.3, 0.4) is 0 Å². The van der Waals surface area contributed by atoms with Gasteiger partial charge in [-0.3, -0.25) is 0 Å². The van der Waals surface area contributed by atoms with Crippen LogP contribution < -0.4 is 10.5 Å². The minimum absolute atomic E-state index is 0.208. The van der Waals surface area contributed by atoms with Crippen molar-refractivity contribution < 1.29 is 9.84 Å². The number of rotatable bonds is 3. The molecule has 0 heterocycles. The van der Waals surface area contributed by atoms with Crippen LogP contribution in [0.4, 0.5) is 0 Å². The van der Waals surface area contributed by atoms with Crippen molar-refractivity contribution >= 4 is 6.08 Å². The van der Waals surface area contributed by atoms with E-state index in [1.807, 2.05) is 32.1 Å². The van der Waals surface area contributed by atoms with Gasteiger partial charge in [-0.2, -0.15) is 0 Å². The summed E-state index contributed by atoms with van der Waals surface area (Å²) < 4.78 is 5.16. The Morgan fingerprint density at radius 3 is 2.67 bits per heavy atom. The lowest BCUT2D eigenvalue weighted by Crippen LogP contribution is -1.95. The zero-order chi connectivity index (χ0) is 11.4. The molecule has 3 nitrogen and oxygen atoms in total. The zero-order valence-corrected chi connectivity index (χ0v) is 9.37.